The van der Waals surface area contributed by atoms with Crippen LogP contribution < -0.4 is 5.32 Å². The van der Waals surface area contributed by atoms with Crippen LogP contribution in [0.1, 0.15) is 32.1 Å². The van der Waals surface area contributed by atoms with Crippen molar-refractivity contribution in [2.45, 2.75) is 43.0 Å². The van der Waals surface area contributed by atoms with Gasteiger partial charge in [-0.3, -0.25) is 4.79 Å². The molecule has 13 heavy (non-hydrogen) atoms. The number of hydrogen-bond donors (Lipinski definition) is 3. The van der Waals surface area contributed by atoms with E-state index in [0.717, 1.165) is 19.3 Å². The summed E-state index contributed by atoms with van der Waals surface area (Å²) < 4.78 is 0. The van der Waals surface area contributed by atoms with Crippen molar-refractivity contribution in [2.75, 3.05) is 7.05 Å². The van der Waals surface area contributed by atoms with E-state index in [1.54, 1.807) is 7.05 Å². The lowest BCUT2D eigenvalue weighted by Gasteiger charge is -2.35. The van der Waals surface area contributed by atoms with Gasteiger partial charge in [-0.25, -0.2) is 0 Å². The summed E-state index contributed by atoms with van der Waals surface area (Å²) in [7, 11) is 1.57. The number of rotatable bonds is 2. The quantitative estimate of drug-likeness (QED) is 0.579. The smallest absolute Gasteiger partial charge is 0.235 e. The Morgan fingerprint density at radius 1 is 1.46 bits per heavy atom. The number of aliphatic hydroxyl groups is 1. The van der Waals surface area contributed by atoms with Crippen LogP contribution in [-0.2, 0) is 4.79 Å². The predicted molar refractivity (Wildman–Crippen MR) is 54.9 cm³/mol. The molecule has 76 valence electrons. The Morgan fingerprint density at radius 2 is 2.00 bits per heavy atom. The molecule has 0 aromatic rings. The van der Waals surface area contributed by atoms with Gasteiger partial charge in [-0.2, -0.15) is 12.6 Å². The number of carbonyl (C=O) groups is 1. The fourth-order valence-corrected chi connectivity index (χ4v) is 2.21. The lowest BCUT2D eigenvalue weighted by Crippen LogP contribution is -2.48. The molecule has 1 unspecified atom stereocenters. The van der Waals surface area contributed by atoms with Gasteiger partial charge >= 0.3 is 0 Å². The average molecular weight is 203 g/mol. The highest BCUT2D eigenvalue weighted by atomic mass is 32.1. The average Bonchev–Trinajstić information content (AvgIpc) is 2.16. The standard InChI is InChI=1S/C9H17NO2S/c1-10-8(11)7(13)9(12)5-3-2-4-6-9/h7,12-13H,2-6H2,1H3,(H,10,11). The van der Waals surface area contributed by atoms with Gasteiger partial charge in [-0.15, -0.1) is 0 Å². The number of nitrogens with one attached hydrogen (secondary N) is 1. The van der Waals surface area contributed by atoms with Gasteiger partial charge in [-0.05, 0) is 12.8 Å². The molecule has 1 amide bonds. The Hall–Kier alpha value is -0.220. The molecule has 0 heterocycles. The van der Waals surface area contributed by atoms with Gasteiger partial charge in [0.05, 0.1) is 5.60 Å². The van der Waals surface area contributed by atoms with E-state index in [-0.39, 0.29) is 5.91 Å². The Bertz CT molecular complexity index is 190. The molecule has 0 bridgehead atoms. The first-order valence-corrected chi connectivity index (χ1v) is 5.24. The summed E-state index contributed by atoms with van der Waals surface area (Å²) in [5, 5.41) is 12.0. The van der Waals surface area contributed by atoms with Crippen LogP contribution in [0, 0.1) is 0 Å². The van der Waals surface area contributed by atoms with Gasteiger partial charge in [0.25, 0.3) is 0 Å². The van der Waals surface area contributed by atoms with E-state index in [1.807, 2.05) is 0 Å². The molecule has 1 atom stereocenters. The number of amides is 1. The second kappa shape index (κ2) is 4.33. The zero-order valence-electron chi connectivity index (χ0n) is 7.92. The van der Waals surface area contributed by atoms with Gasteiger partial charge in [0.2, 0.25) is 5.91 Å². The van der Waals surface area contributed by atoms with Gasteiger partial charge in [0.15, 0.2) is 0 Å². The van der Waals surface area contributed by atoms with E-state index < -0.39 is 10.9 Å². The third kappa shape index (κ3) is 2.38. The summed E-state index contributed by atoms with van der Waals surface area (Å²) in [6, 6.07) is 0. The molecule has 2 N–H and O–H groups in total. The molecule has 1 aliphatic carbocycles. The van der Waals surface area contributed by atoms with E-state index in [0.29, 0.717) is 12.8 Å². The van der Waals surface area contributed by atoms with Crippen LogP contribution in [-0.4, -0.2) is 28.9 Å². The SMILES string of the molecule is CNC(=O)C(S)C1(O)CCCCC1. The molecule has 0 aromatic heterocycles. The molecule has 0 saturated heterocycles. The van der Waals surface area contributed by atoms with Crippen LogP contribution in [0.3, 0.4) is 0 Å². The lowest BCUT2D eigenvalue weighted by atomic mass is 9.82. The van der Waals surface area contributed by atoms with E-state index in [2.05, 4.69) is 17.9 Å². The molecule has 1 saturated carbocycles. The Kier molecular flexibility index (Phi) is 3.62. The third-order valence-corrected chi connectivity index (χ3v) is 3.44. The van der Waals surface area contributed by atoms with Gasteiger partial charge in [0, 0.05) is 7.05 Å². The summed E-state index contributed by atoms with van der Waals surface area (Å²) in [5.74, 6) is -0.187. The largest absolute Gasteiger partial charge is 0.388 e. The minimum atomic E-state index is -0.887. The first-order valence-electron chi connectivity index (χ1n) is 4.72. The van der Waals surface area contributed by atoms with Crippen molar-refractivity contribution in [3.8, 4) is 0 Å². The van der Waals surface area contributed by atoms with Crippen molar-refractivity contribution in [1.82, 2.24) is 5.32 Å². The molecule has 3 nitrogen and oxygen atoms in total. The molecule has 0 aliphatic heterocycles. The molecule has 1 fully saturated rings. The molecule has 0 spiro atoms. The highest BCUT2D eigenvalue weighted by molar-refractivity contribution is 7.81. The molecule has 1 rings (SSSR count). The number of thiol groups is 1. The van der Waals surface area contributed by atoms with Crippen LogP contribution in [0.5, 0.6) is 0 Å². The van der Waals surface area contributed by atoms with Crippen LogP contribution >= 0.6 is 12.6 Å². The maximum absolute atomic E-state index is 11.3. The van der Waals surface area contributed by atoms with Crippen LogP contribution in [0.25, 0.3) is 0 Å². The van der Waals surface area contributed by atoms with Crippen LogP contribution in [0.2, 0.25) is 0 Å². The monoisotopic (exact) mass is 203 g/mol. The molecule has 4 heteroatoms. The van der Waals surface area contributed by atoms with E-state index >= 15 is 0 Å². The zero-order valence-corrected chi connectivity index (χ0v) is 8.81. The summed E-state index contributed by atoms with van der Waals surface area (Å²) >= 11 is 4.17. The summed E-state index contributed by atoms with van der Waals surface area (Å²) in [5.41, 5.74) is -0.887. The van der Waals surface area contributed by atoms with E-state index in [1.165, 1.54) is 0 Å². The Balaban J connectivity index is 2.61. The summed E-state index contributed by atoms with van der Waals surface area (Å²) in [6.07, 6.45) is 4.51. The fourth-order valence-electron chi connectivity index (χ4n) is 1.82. The van der Waals surface area contributed by atoms with Crippen molar-refractivity contribution in [3.63, 3.8) is 0 Å². The molecule has 0 aromatic carbocycles. The maximum atomic E-state index is 11.3. The Morgan fingerprint density at radius 3 is 2.46 bits per heavy atom. The Labute approximate surface area is 84.3 Å². The highest BCUT2D eigenvalue weighted by Crippen LogP contribution is 2.33. The fraction of sp³-hybridized carbons (Fsp3) is 0.889. The topological polar surface area (TPSA) is 49.3 Å². The summed E-state index contributed by atoms with van der Waals surface area (Å²) in [4.78, 5) is 11.3. The van der Waals surface area contributed by atoms with Crippen LogP contribution in [0.15, 0.2) is 0 Å². The molecule has 1 aliphatic rings. The van der Waals surface area contributed by atoms with Gasteiger partial charge in [-0.1, -0.05) is 19.3 Å². The minimum absolute atomic E-state index is 0.187. The molecule has 0 radical (unpaired) electrons. The van der Waals surface area contributed by atoms with Gasteiger partial charge in [0.1, 0.15) is 5.25 Å². The number of carbonyl (C=O) groups excluding carboxylic acids is 1. The molecular weight excluding hydrogens is 186 g/mol. The highest BCUT2D eigenvalue weighted by Gasteiger charge is 2.39. The van der Waals surface area contributed by atoms with Crippen molar-refractivity contribution < 1.29 is 9.90 Å². The lowest BCUT2D eigenvalue weighted by molar-refractivity contribution is -0.125. The molecular formula is C9H17NO2S. The third-order valence-electron chi connectivity index (χ3n) is 2.72. The summed E-state index contributed by atoms with van der Waals surface area (Å²) in [6.45, 7) is 0. The number of hydrogen-bond acceptors (Lipinski definition) is 3. The predicted octanol–water partition coefficient (Wildman–Crippen LogP) is 0.726. The maximum Gasteiger partial charge on any atom is 0.235 e. The van der Waals surface area contributed by atoms with Crippen LogP contribution in [0.4, 0.5) is 0 Å². The van der Waals surface area contributed by atoms with Crippen molar-refractivity contribution in [2.24, 2.45) is 0 Å². The van der Waals surface area contributed by atoms with Gasteiger partial charge < -0.3 is 10.4 Å². The van der Waals surface area contributed by atoms with Crippen molar-refractivity contribution in [3.05, 3.63) is 0 Å². The minimum Gasteiger partial charge on any atom is -0.388 e. The zero-order chi connectivity index (χ0) is 9.90. The van der Waals surface area contributed by atoms with E-state index in [9.17, 15) is 9.90 Å². The first-order chi connectivity index (χ1) is 6.10. The normalized spacial score (nSPS) is 23.6. The van der Waals surface area contributed by atoms with Crippen molar-refractivity contribution >= 4 is 18.5 Å². The first kappa shape index (κ1) is 10.9. The van der Waals surface area contributed by atoms with Crippen molar-refractivity contribution in [1.29, 1.82) is 0 Å². The second-order valence-corrected chi connectivity index (χ2v) is 4.20. The van der Waals surface area contributed by atoms with E-state index in [4.69, 9.17) is 0 Å². The second-order valence-electron chi connectivity index (χ2n) is 3.68.